The maximum absolute atomic E-state index is 12.5. The molecule has 1 aromatic rings. The minimum atomic E-state index is -2.53. The fourth-order valence-corrected chi connectivity index (χ4v) is 1.11. The quantitative estimate of drug-likeness (QED) is 0.246. The van der Waals surface area contributed by atoms with Crippen LogP contribution < -0.4 is 0 Å². The Balaban J connectivity index is 2.76. The first-order valence-electron chi connectivity index (χ1n) is 4.62. The van der Waals surface area contributed by atoms with Crippen LogP contribution in [-0.4, -0.2) is 6.54 Å². The van der Waals surface area contributed by atoms with Crippen molar-refractivity contribution < 1.29 is 8.78 Å². The molecule has 0 aliphatic carbocycles. The van der Waals surface area contributed by atoms with E-state index >= 15 is 0 Å². The molecule has 16 heavy (non-hydrogen) atoms. The van der Waals surface area contributed by atoms with Gasteiger partial charge >= 0.3 is 0 Å². The second-order valence-electron chi connectivity index (χ2n) is 2.89. The lowest BCUT2D eigenvalue weighted by molar-refractivity contribution is 0.151. The zero-order valence-corrected chi connectivity index (χ0v) is 8.40. The molecule has 3 nitrogen and oxygen atoms in total. The van der Waals surface area contributed by atoms with Crippen LogP contribution in [0.5, 0.6) is 0 Å². The SMILES string of the molecule is [N-]=[N+]=NCCC#Cc1ccccc1C(F)F. The highest BCUT2D eigenvalue weighted by Gasteiger charge is 2.09. The largest absolute Gasteiger partial charge is 0.265 e. The molecule has 0 unspecified atom stereocenters. The van der Waals surface area contributed by atoms with Gasteiger partial charge in [-0.2, -0.15) is 0 Å². The molecule has 0 aromatic heterocycles. The van der Waals surface area contributed by atoms with Crippen LogP contribution in [0.4, 0.5) is 8.78 Å². The third kappa shape index (κ3) is 3.60. The van der Waals surface area contributed by atoms with Gasteiger partial charge in [0.05, 0.1) is 0 Å². The Labute approximate surface area is 91.7 Å². The second-order valence-corrected chi connectivity index (χ2v) is 2.89. The minimum absolute atomic E-state index is 0.0706. The van der Waals surface area contributed by atoms with E-state index in [9.17, 15) is 8.78 Å². The Morgan fingerprint density at radius 1 is 1.38 bits per heavy atom. The third-order valence-corrected chi connectivity index (χ3v) is 1.82. The molecule has 0 bridgehead atoms. The van der Waals surface area contributed by atoms with Crippen LogP contribution in [0.2, 0.25) is 0 Å². The molecule has 0 N–H and O–H groups in total. The molecule has 0 radical (unpaired) electrons. The van der Waals surface area contributed by atoms with E-state index in [2.05, 4.69) is 21.9 Å². The van der Waals surface area contributed by atoms with Gasteiger partial charge in [0.15, 0.2) is 0 Å². The number of rotatable bonds is 3. The molecule has 82 valence electrons. The fourth-order valence-electron chi connectivity index (χ4n) is 1.11. The average molecular weight is 221 g/mol. The first-order valence-corrected chi connectivity index (χ1v) is 4.62. The summed E-state index contributed by atoms with van der Waals surface area (Å²) in [5.41, 5.74) is 8.26. The van der Waals surface area contributed by atoms with E-state index in [0.717, 1.165) is 0 Å². The lowest BCUT2D eigenvalue weighted by Gasteiger charge is -2.01. The standard InChI is InChI=1S/C11H9F2N3/c12-11(13)10-7-2-1-5-9(10)6-3-4-8-15-16-14/h1-2,5,7,11H,4,8H2. The third-order valence-electron chi connectivity index (χ3n) is 1.82. The lowest BCUT2D eigenvalue weighted by Crippen LogP contribution is -1.89. The highest BCUT2D eigenvalue weighted by Crippen LogP contribution is 2.21. The van der Waals surface area contributed by atoms with Crippen molar-refractivity contribution in [1.29, 1.82) is 0 Å². The van der Waals surface area contributed by atoms with Crippen LogP contribution >= 0.6 is 0 Å². The van der Waals surface area contributed by atoms with Crippen LogP contribution in [-0.2, 0) is 0 Å². The number of alkyl halides is 2. The summed E-state index contributed by atoms with van der Waals surface area (Å²) in [5, 5.41) is 3.29. The van der Waals surface area contributed by atoms with Crippen molar-refractivity contribution in [2.24, 2.45) is 5.11 Å². The van der Waals surface area contributed by atoms with Gasteiger partial charge in [-0.05, 0) is 11.6 Å². The fraction of sp³-hybridized carbons (Fsp3) is 0.273. The summed E-state index contributed by atoms with van der Waals surface area (Å²) in [4.78, 5) is 2.56. The molecule has 1 aromatic carbocycles. The molecule has 5 heteroatoms. The van der Waals surface area contributed by atoms with Gasteiger partial charge in [0, 0.05) is 29.0 Å². The van der Waals surface area contributed by atoms with Crippen LogP contribution in [0.3, 0.4) is 0 Å². The summed E-state index contributed by atoms with van der Waals surface area (Å²) in [6.07, 6.45) is -2.16. The second kappa shape index (κ2) is 6.44. The first kappa shape index (κ1) is 12.0. The summed E-state index contributed by atoms with van der Waals surface area (Å²) >= 11 is 0. The number of benzene rings is 1. The monoisotopic (exact) mass is 221 g/mol. The molecular weight excluding hydrogens is 212 g/mol. The van der Waals surface area contributed by atoms with Crippen molar-refractivity contribution in [3.63, 3.8) is 0 Å². The van der Waals surface area contributed by atoms with Crippen molar-refractivity contribution in [2.45, 2.75) is 12.8 Å². The average Bonchev–Trinajstić information content (AvgIpc) is 2.29. The Morgan fingerprint density at radius 3 is 2.81 bits per heavy atom. The molecule has 0 spiro atoms. The molecule has 0 aliphatic rings. The maximum Gasteiger partial charge on any atom is 0.265 e. The van der Waals surface area contributed by atoms with E-state index in [1.165, 1.54) is 6.07 Å². The molecule has 1 rings (SSSR count). The zero-order valence-electron chi connectivity index (χ0n) is 8.40. The van der Waals surface area contributed by atoms with Crippen LogP contribution in [0.15, 0.2) is 29.4 Å². The lowest BCUT2D eigenvalue weighted by atomic mass is 10.1. The molecule has 0 atom stereocenters. The number of hydrogen-bond acceptors (Lipinski definition) is 1. The maximum atomic E-state index is 12.5. The Bertz CT molecular complexity index is 454. The van der Waals surface area contributed by atoms with Gasteiger partial charge in [-0.25, -0.2) is 8.78 Å². The van der Waals surface area contributed by atoms with E-state index < -0.39 is 6.43 Å². The van der Waals surface area contributed by atoms with Gasteiger partial charge in [0.1, 0.15) is 0 Å². The molecule has 0 fully saturated rings. The molecular formula is C11H9F2N3. The molecule has 0 heterocycles. The Morgan fingerprint density at radius 2 is 2.12 bits per heavy atom. The van der Waals surface area contributed by atoms with Crippen LogP contribution in [0.25, 0.3) is 10.4 Å². The van der Waals surface area contributed by atoms with Crippen molar-refractivity contribution in [1.82, 2.24) is 0 Å². The van der Waals surface area contributed by atoms with E-state index in [4.69, 9.17) is 5.53 Å². The van der Waals surface area contributed by atoms with E-state index in [0.29, 0.717) is 12.0 Å². The smallest absolute Gasteiger partial charge is 0.205 e. The number of nitrogens with zero attached hydrogens (tertiary/aromatic N) is 3. The summed E-state index contributed by atoms with van der Waals surface area (Å²) in [6, 6.07) is 6.10. The number of hydrogen-bond donors (Lipinski definition) is 0. The predicted molar refractivity (Wildman–Crippen MR) is 56.9 cm³/mol. The predicted octanol–water partition coefficient (Wildman–Crippen LogP) is 3.68. The topological polar surface area (TPSA) is 48.8 Å². The van der Waals surface area contributed by atoms with Crippen molar-refractivity contribution >= 4 is 0 Å². The van der Waals surface area contributed by atoms with Crippen molar-refractivity contribution in [3.05, 3.63) is 45.8 Å². The van der Waals surface area contributed by atoms with Gasteiger partial charge in [0.25, 0.3) is 6.43 Å². The Hall–Kier alpha value is -2.05. The summed E-state index contributed by atoms with van der Waals surface area (Å²) in [6.45, 7) is 0.250. The molecule has 0 saturated carbocycles. The normalized spacial score (nSPS) is 9.19. The van der Waals surface area contributed by atoms with Gasteiger partial charge in [-0.3, -0.25) is 0 Å². The summed E-state index contributed by atoms with van der Waals surface area (Å²) in [5.74, 6) is 5.32. The zero-order chi connectivity index (χ0) is 11.8. The van der Waals surface area contributed by atoms with E-state index in [1.807, 2.05) is 0 Å². The Kier molecular flexibility index (Phi) is 4.84. The van der Waals surface area contributed by atoms with Gasteiger partial charge in [0.2, 0.25) is 0 Å². The first-order chi connectivity index (χ1) is 7.75. The highest BCUT2D eigenvalue weighted by atomic mass is 19.3. The summed E-state index contributed by atoms with van der Waals surface area (Å²) < 4.78 is 25.0. The molecule has 0 aliphatic heterocycles. The minimum Gasteiger partial charge on any atom is -0.205 e. The van der Waals surface area contributed by atoms with Gasteiger partial charge in [-0.1, -0.05) is 35.2 Å². The van der Waals surface area contributed by atoms with E-state index in [-0.39, 0.29) is 12.1 Å². The number of azide groups is 1. The van der Waals surface area contributed by atoms with Gasteiger partial charge < -0.3 is 0 Å². The van der Waals surface area contributed by atoms with Gasteiger partial charge in [-0.15, -0.1) is 0 Å². The number of halogens is 2. The molecule has 0 saturated heterocycles. The highest BCUT2D eigenvalue weighted by molar-refractivity contribution is 5.41. The van der Waals surface area contributed by atoms with E-state index in [1.54, 1.807) is 18.2 Å². The van der Waals surface area contributed by atoms with Crippen molar-refractivity contribution in [2.75, 3.05) is 6.54 Å². The summed E-state index contributed by atoms with van der Waals surface area (Å²) in [7, 11) is 0. The van der Waals surface area contributed by atoms with Crippen LogP contribution in [0, 0.1) is 11.8 Å². The van der Waals surface area contributed by atoms with Crippen LogP contribution in [0.1, 0.15) is 24.0 Å². The molecule has 0 amide bonds. The van der Waals surface area contributed by atoms with Crippen molar-refractivity contribution in [3.8, 4) is 11.8 Å².